The van der Waals surface area contributed by atoms with E-state index in [0.29, 0.717) is 26.3 Å². The molecule has 0 spiro atoms. The normalized spacial score (nSPS) is 28.8. The van der Waals surface area contributed by atoms with Gasteiger partial charge in [-0.05, 0) is 12.8 Å². The maximum absolute atomic E-state index is 12.4. The standard InChI is InChI=1S/C12H18N2O4S2/c15-20(16,9-10-2-1-5-17-10)14-4-6-18-11(8-14)12-13-3-7-19-12/h3,7,10-11H,1-2,4-6,8-9H2. The van der Waals surface area contributed by atoms with E-state index in [2.05, 4.69) is 4.98 Å². The number of hydrogen-bond acceptors (Lipinski definition) is 6. The third-order valence-corrected chi connectivity index (χ3v) is 6.35. The van der Waals surface area contributed by atoms with E-state index in [1.165, 1.54) is 15.6 Å². The molecule has 8 heteroatoms. The summed E-state index contributed by atoms with van der Waals surface area (Å²) in [4.78, 5) is 4.21. The highest BCUT2D eigenvalue weighted by Gasteiger charge is 2.33. The van der Waals surface area contributed by atoms with Crippen LogP contribution >= 0.6 is 11.3 Å². The van der Waals surface area contributed by atoms with Crippen molar-refractivity contribution >= 4 is 21.4 Å². The van der Waals surface area contributed by atoms with Crippen molar-refractivity contribution in [1.29, 1.82) is 0 Å². The Morgan fingerprint density at radius 3 is 3.00 bits per heavy atom. The van der Waals surface area contributed by atoms with Crippen LogP contribution in [0.25, 0.3) is 0 Å². The zero-order valence-electron chi connectivity index (χ0n) is 11.1. The second-order valence-electron chi connectivity index (χ2n) is 5.00. The number of hydrogen-bond donors (Lipinski definition) is 0. The van der Waals surface area contributed by atoms with Crippen LogP contribution in [0.4, 0.5) is 0 Å². The first kappa shape index (κ1) is 14.4. The highest BCUT2D eigenvalue weighted by Crippen LogP contribution is 2.26. The molecule has 2 aliphatic rings. The fraction of sp³-hybridized carbons (Fsp3) is 0.750. The summed E-state index contributed by atoms with van der Waals surface area (Å²) in [6, 6.07) is 0. The van der Waals surface area contributed by atoms with Gasteiger partial charge in [-0.15, -0.1) is 11.3 Å². The lowest BCUT2D eigenvalue weighted by atomic mass is 10.3. The molecule has 112 valence electrons. The molecule has 0 aromatic carbocycles. The van der Waals surface area contributed by atoms with E-state index in [0.717, 1.165) is 17.8 Å². The molecule has 1 aromatic heterocycles. The Bertz CT molecular complexity index is 526. The molecule has 0 amide bonds. The predicted molar refractivity (Wildman–Crippen MR) is 75.1 cm³/mol. The first-order valence-corrected chi connectivity index (χ1v) is 9.24. The Balaban J connectivity index is 1.66. The minimum Gasteiger partial charge on any atom is -0.377 e. The van der Waals surface area contributed by atoms with Crippen molar-refractivity contribution in [3.05, 3.63) is 16.6 Å². The van der Waals surface area contributed by atoms with Crippen molar-refractivity contribution in [3.8, 4) is 0 Å². The average Bonchev–Trinajstić information content (AvgIpc) is 3.11. The number of aromatic nitrogens is 1. The van der Waals surface area contributed by atoms with Crippen LogP contribution < -0.4 is 0 Å². The van der Waals surface area contributed by atoms with Crippen LogP contribution in [0.2, 0.25) is 0 Å². The molecule has 1 aromatic rings. The van der Waals surface area contributed by atoms with Gasteiger partial charge in [0.15, 0.2) is 0 Å². The van der Waals surface area contributed by atoms with Crippen LogP contribution in [0.5, 0.6) is 0 Å². The van der Waals surface area contributed by atoms with Gasteiger partial charge in [-0.3, -0.25) is 0 Å². The van der Waals surface area contributed by atoms with Crippen molar-refractivity contribution in [2.45, 2.75) is 25.0 Å². The zero-order chi connectivity index (χ0) is 14.0. The third-order valence-electron chi connectivity index (χ3n) is 3.57. The second kappa shape index (κ2) is 6.07. The summed E-state index contributed by atoms with van der Waals surface area (Å²) in [6.07, 6.45) is 3.09. The topological polar surface area (TPSA) is 68.7 Å². The van der Waals surface area contributed by atoms with Crippen LogP contribution in [-0.4, -0.2) is 55.9 Å². The van der Waals surface area contributed by atoms with Gasteiger partial charge in [0.05, 0.1) is 18.5 Å². The van der Waals surface area contributed by atoms with Gasteiger partial charge in [0.25, 0.3) is 0 Å². The Labute approximate surface area is 122 Å². The average molecular weight is 318 g/mol. The van der Waals surface area contributed by atoms with Crippen LogP contribution in [-0.2, 0) is 19.5 Å². The number of morpholine rings is 1. The smallest absolute Gasteiger partial charge is 0.216 e. The summed E-state index contributed by atoms with van der Waals surface area (Å²) < 4.78 is 37.4. The van der Waals surface area contributed by atoms with Crippen LogP contribution in [0.1, 0.15) is 24.0 Å². The molecule has 2 aliphatic heterocycles. The van der Waals surface area contributed by atoms with E-state index in [1.807, 2.05) is 5.38 Å². The summed E-state index contributed by atoms with van der Waals surface area (Å²) in [5.41, 5.74) is 0. The molecule has 3 heterocycles. The van der Waals surface area contributed by atoms with Crippen molar-refractivity contribution in [3.63, 3.8) is 0 Å². The van der Waals surface area contributed by atoms with Gasteiger partial charge < -0.3 is 9.47 Å². The van der Waals surface area contributed by atoms with E-state index < -0.39 is 10.0 Å². The van der Waals surface area contributed by atoms with E-state index in [-0.39, 0.29) is 18.0 Å². The molecular weight excluding hydrogens is 300 g/mol. The monoisotopic (exact) mass is 318 g/mol. The molecule has 2 atom stereocenters. The van der Waals surface area contributed by atoms with E-state index in [1.54, 1.807) is 6.20 Å². The molecule has 2 fully saturated rings. The van der Waals surface area contributed by atoms with Crippen LogP contribution in [0.15, 0.2) is 11.6 Å². The van der Waals surface area contributed by atoms with E-state index in [9.17, 15) is 8.42 Å². The number of nitrogens with zero attached hydrogens (tertiary/aromatic N) is 2. The predicted octanol–water partition coefficient (Wildman–Crippen LogP) is 1.03. The fourth-order valence-corrected chi connectivity index (χ4v) is 4.87. The minimum atomic E-state index is -3.29. The summed E-state index contributed by atoms with van der Waals surface area (Å²) in [7, 11) is -3.29. The maximum Gasteiger partial charge on any atom is 0.216 e. The molecule has 6 nitrogen and oxygen atoms in total. The van der Waals surface area contributed by atoms with Crippen molar-refractivity contribution in [2.24, 2.45) is 0 Å². The SMILES string of the molecule is O=S(=O)(CC1CCCO1)N1CCOC(c2nccs2)C1. The van der Waals surface area contributed by atoms with Gasteiger partial charge >= 0.3 is 0 Å². The summed E-state index contributed by atoms with van der Waals surface area (Å²) in [6.45, 7) is 1.85. The first-order valence-electron chi connectivity index (χ1n) is 6.75. The highest BCUT2D eigenvalue weighted by atomic mass is 32.2. The number of ether oxygens (including phenoxy) is 2. The quantitative estimate of drug-likeness (QED) is 0.829. The molecule has 20 heavy (non-hydrogen) atoms. The van der Waals surface area contributed by atoms with E-state index >= 15 is 0 Å². The Morgan fingerprint density at radius 1 is 1.40 bits per heavy atom. The highest BCUT2D eigenvalue weighted by molar-refractivity contribution is 7.89. The lowest BCUT2D eigenvalue weighted by Crippen LogP contribution is -2.44. The molecule has 2 saturated heterocycles. The first-order chi connectivity index (χ1) is 9.65. The lowest BCUT2D eigenvalue weighted by Gasteiger charge is -2.31. The number of sulfonamides is 1. The molecule has 0 N–H and O–H groups in total. The fourth-order valence-electron chi connectivity index (χ4n) is 2.54. The van der Waals surface area contributed by atoms with Gasteiger partial charge in [-0.25, -0.2) is 13.4 Å². The maximum atomic E-state index is 12.4. The lowest BCUT2D eigenvalue weighted by molar-refractivity contribution is -0.00305. The van der Waals surface area contributed by atoms with Crippen LogP contribution in [0.3, 0.4) is 0 Å². The van der Waals surface area contributed by atoms with Crippen LogP contribution in [0, 0.1) is 0 Å². The van der Waals surface area contributed by atoms with E-state index in [4.69, 9.17) is 9.47 Å². The van der Waals surface area contributed by atoms with Gasteiger partial charge in [-0.2, -0.15) is 4.31 Å². The zero-order valence-corrected chi connectivity index (χ0v) is 12.7. The number of thiazole rings is 1. The molecule has 0 aliphatic carbocycles. The second-order valence-corrected chi connectivity index (χ2v) is 7.94. The van der Waals surface area contributed by atoms with Gasteiger partial charge in [0.1, 0.15) is 11.1 Å². The van der Waals surface area contributed by atoms with Crippen molar-refractivity contribution in [2.75, 3.05) is 32.1 Å². The van der Waals surface area contributed by atoms with Gasteiger partial charge in [0.2, 0.25) is 10.0 Å². The Morgan fingerprint density at radius 2 is 2.30 bits per heavy atom. The largest absolute Gasteiger partial charge is 0.377 e. The molecule has 0 saturated carbocycles. The van der Waals surface area contributed by atoms with Crippen molar-refractivity contribution < 1.29 is 17.9 Å². The summed E-state index contributed by atoms with van der Waals surface area (Å²) in [5, 5.41) is 2.71. The molecule has 2 unspecified atom stereocenters. The minimum absolute atomic E-state index is 0.0809. The van der Waals surface area contributed by atoms with Gasteiger partial charge in [0, 0.05) is 31.3 Å². The Hall–Kier alpha value is -0.540. The third kappa shape index (κ3) is 3.20. The number of rotatable bonds is 4. The summed E-state index contributed by atoms with van der Waals surface area (Å²) >= 11 is 1.49. The molecule has 0 radical (unpaired) electrons. The summed E-state index contributed by atoms with van der Waals surface area (Å²) in [5.74, 6) is 0.0809. The molecule has 0 bridgehead atoms. The molecular formula is C12H18N2O4S2. The Kier molecular flexibility index (Phi) is 4.37. The van der Waals surface area contributed by atoms with Gasteiger partial charge in [-0.1, -0.05) is 0 Å². The van der Waals surface area contributed by atoms with Crippen molar-refractivity contribution in [1.82, 2.24) is 9.29 Å². The molecule has 3 rings (SSSR count).